The van der Waals surface area contributed by atoms with Crippen LogP contribution < -0.4 is 0 Å². The number of carbonyl (C=O) groups excluding carboxylic acids is 3. The lowest BCUT2D eigenvalue weighted by Gasteiger charge is -2.27. The van der Waals surface area contributed by atoms with E-state index in [-0.39, 0.29) is 17.8 Å². The molecule has 0 spiro atoms. The maximum atomic E-state index is 12.8. The van der Waals surface area contributed by atoms with Gasteiger partial charge in [0.1, 0.15) is 10.3 Å². The molecule has 0 saturated heterocycles. The number of amides is 2. The lowest BCUT2D eigenvalue weighted by atomic mass is 10.1. The van der Waals surface area contributed by atoms with Crippen molar-refractivity contribution in [3.8, 4) is 0 Å². The lowest BCUT2D eigenvalue weighted by molar-refractivity contribution is -0.156. The first-order chi connectivity index (χ1) is 13.8. The zero-order chi connectivity index (χ0) is 22.4. The van der Waals surface area contributed by atoms with E-state index in [0.29, 0.717) is 21.2 Å². The van der Waals surface area contributed by atoms with Gasteiger partial charge in [0.05, 0.1) is 22.9 Å². The van der Waals surface area contributed by atoms with Crippen LogP contribution in [0.1, 0.15) is 78.9 Å². The molecule has 30 heavy (non-hydrogen) atoms. The number of rotatable bonds is 5. The van der Waals surface area contributed by atoms with Crippen LogP contribution in [0.15, 0.2) is 28.6 Å². The minimum atomic E-state index is -0.826. The second kappa shape index (κ2) is 7.81. The molecule has 160 valence electrons. The van der Waals surface area contributed by atoms with Crippen molar-refractivity contribution in [3.05, 3.63) is 46.0 Å². The molecule has 1 unspecified atom stereocenters. The molecule has 2 heterocycles. The molecule has 1 aliphatic heterocycles. The number of hydrogen-bond donors (Lipinski definition) is 0. The van der Waals surface area contributed by atoms with Gasteiger partial charge in [0, 0.05) is 4.88 Å². The van der Waals surface area contributed by atoms with Gasteiger partial charge in [0.25, 0.3) is 11.8 Å². The monoisotopic (exact) mass is 446 g/mol. The number of ether oxygens (including phenoxy) is 1. The molecule has 0 N–H and O–H groups in total. The first-order valence-corrected chi connectivity index (χ1v) is 11.3. The average Bonchev–Trinajstić information content (AvgIpc) is 3.10. The van der Waals surface area contributed by atoms with E-state index in [9.17, 15) is 14.4 Å². The van der Waals surface area contributed by atoms with Gasteiger partial charge in [-0.2, -0.15) is 0 Å². The minimum Gasteiger partial charge on any atom is -0.459 e. The molecule has 2 amide bonds. The first kappa shape index (κ1) is 22.5. The third-order valence-electron chi connectivity index (χ3n) is 4.65. The second-order valence-corrected chi connectivity index (χ2v) is 11.8. The molecule has 0 fully saturated rings. The van der Waals surface area contributed by atoms with Crippen molar-refractivity contribution in [2.24, 2.45) is 0 Å². The Hall–Kier alpha value is -2.19. The highest BCUT2D eigenvalue weighted by Gasteiger charge is 2.40. The van der Waals surface area contributed by atoms with Gasteiger partial charge < -0.3 is 4.74 Å². The smallest absolute Gasteiger partial charge is 0.322 e. The molecular formula is C22H26N2O4S2. The standard InChI is InChI=1S/C22H26N2O4S2/c1-12(24-17(25)14-10-8-9-11-15(14)18(24)26)16-13(2)29-20(23-16)30-22(6,7)19(27)28-21(3,4)5/h8-12H,1-7H3. The van der Waals surface area contributed by atoms with Crippen molar-refractivity contribution >= 4 is 40.9 Å². The molecule has 0 radical (unpaired) electrons. The Labute approximate surface area is 185 Å². The maximum Gasteiger partial charge on any atom is 0.322 e. The van der Waals surface area contributed by atoms with Gasteiger partial charge in [0.15, 0.2) is 4.34 Å². The summed E-state index contributed by atoms with van der Waals surface area (Å²) in [5.74, 6) is -0.930. The molecular weight excluding hydrogens is 420 g/mol. The molecule has 0 saturated carbocycles. The van der Waals surface area contributed by atoms with E-state index in [2.05, 4.69) is 4.98 Å². The summed E-state index contributed by atoms with van der Waals surface area (Å²) in [4.78, 5) is 45.0. The number of aryl methyl sites for hydroxylation is 1. The predicted molar refractivity (Wildman–Crippen MR) is 118 cm³/mol. The summed E-state index contributed by atoms with van der Waals surface area (Å²) in [6.45, 7) is 12.8. The number of imide groups is 1. The Kier molecular flexibility index (Phi) is 5.86. The van der Waals surface area contributed by atoms with E-state index in [1.54, 1.807) is 45.0 Å². The van der Waals surface area contributed by atoms with E-state index >= 15 is 0 Å². The lowest BCUT2D eigenvalue weighted by Crippen LogP contribution is -2.36. The van der Waals surface area contributed by atoms with E-state index < -0.39 is 16.4 Å². The van der Waals surface area contributed by atoms with Gasteiger partial charge in [-0.05, 0) is 60.6 Å². The predicted octanol–water partition coefficient (Wildman–Crippen LogP) is 5.02. The number of hydrogen-bond acceptors (Lipinski definition) is 7. The van der Waals surface area contributed by atoms with E-state index in [1.807, 2.05) is 27.7 Å². The molecule has 1 aromatic heterocycles. The van der Waals surface area contributed by atoms with Crippen LogP contribution in [-0.2, 0) is 9.53 Å². The van der Waals surface area contributed by atoms with E-state index in [4.69, 9.17) is 4.74 Å². The Morgan fingerprint density at radius 1 is 1.10 bits per heavy atom. The number of esters is 1. The fourth-order valence-electron chi connectivity index (χ4n) is 3.16. The Morgan fingerprint density at radius 3 is 2.13 bits per heavy atom. The summed E-state index contributed by atoms with van der Waals surface area (Å²) in [6, 6.07) is 6.33. The van der Waals surface area contributed by atoms with Crippen molar-refractivity contribution in [2.45, 2.75) is 69.2 Å². The van der Waals surface area contributed by atoms with Crippen LogP contribution >= 0.6 is 23.1 Å². The number of thioether (sulfide) groups is 1. The Morgan fingerprint density at radius 2 is 1.63 bits per heavy atom. The Balaban J connectivity index is 1.82. The van der Waals surface area contributed by atoms with Gasteiger partial charge >= 0.3 is 5.97 Å². The summed E-state index contributed by atoms with van der Waals surface area (Å²) in [5.41, 5.74) is 0.932. The fraction of sp³-hybridized carbons (Fsp3) is 0.455. The van der Waals surface area contributed by atoms with Crippen molar-refractivity contribution < 1.29 is 19.1 Å². The van der Waals surface area contributed by atoms with Crippen LogP contribution in [0.25, 0.3) is 0 Å². The molecule has 1 atom stereocenters. The van der Waals surface area contributed by atoms with Crippen LogP contribution in [0.4, 0.5) is 0 Å². The first-order valence-electron chi connectivity index (χ1n) is 9.68. The van der Waals surface area contributed by atoms with Crippen LogP contribution in [0.5, 0.6) is 0 Å². The van der Waals surface area contributed by atoms with Crippen molar-refractivity contribution in [2.75, 3.05) is 0 Å². The number of benzene rings is 1. The highest BCUT2D eigenvalue weighted by Crippen LogP contribution is 2.40. The van der Waals surface area contributed by atoms with Crippen LogP contribution in [0.3, 0.4) is 0 Å². The number of thiazole rings is 1. The van der Waals surface area contributed by atoms with Gasteiger partial charge in [-0.25, -0.2) is 4.98 Å². The van der Waals surface area contributed by atoms with Gasteiger partial charge in [-0.3, -0.25) is 19.3 Å². The van der Waals surface area contributed by atoms with Crippen LogP contribution in [-0.4, -0.2) is 38.0 Å². The second-order valence-electron chi connectivity index (χ2n) is 8.74. The topological polar surface area (TPSA) is 76.6 Å². The van der Waals surface area contributed by atoms with Crippen LogP contribution in [0, 0.1) is 6.92 Å². The largest absolute Gasteiger partial charge is 0.459 e. The van der Waals surface area contributed by atoms with Crippen molar-refractivity contribution in [1.82, 2.24) is 9.88 Å². The zero-order valence-corrected chi connectivity index (χ0v) is 19.9. The third kappa shape index (κ3) is 4.30. The number of carbonyl (C=O) groups is 3. The summed E-state index contributed by atoms with van der Waals surface area (Å²) in [5, 5.41) is 0. The van der Waals surface area contributed by atoms with Crippen molar-refractivity contribution in [1.29, 1.82) is 0 Å². The van der Waals surface area contributed by atoms with Gasteiger partial charge in [-0.15, -0.1) is 11.3 Å². The fourth-order valence-corrected chi connectivity index (χ4v) is 5.76. The summed E-state index contributed by atoms with van der Waals surface area (Å²) in [6.07, 6.45) is 0. The SMILES string of the molecule is Cc1sc(SC(C)(C)C(=O)OC(C)(C)C)nc1C(C)N1C(=O)c2ccccc2C1=O. The molecule has 0 bridgehead atoms. The molecule has 6 nitrogen and oxygen atoms in total. The van der Waals surface area contributed by atoms with Crippen LogP contribution in [0.2, 0.25) is 0 Å². The van der Waals surface area contributed by atoms with E-state index in [0.717, 1.165) is 4.88 Å². The van der Waals surface area contributed by atoms with E-state index in [1.165, 1.54) is 28.0 Å². The summed E-state index contributed by atoms with van der Waals surface area (Å²) >= 11 is 2.77. The molecule has 2 aromatic rings. The quantitative estimate of drug-likeness (QED) is 0.365. The summed E-state index contributed by atoms with van der Waals surface area (Å²) < 4.78 is 5.39. The highest BCUT2D eigenvalue weighted by molar-refractivity contribution is 8.03. The Bertz CT molecular complexity index is 985. The molecule has 8 heteroatoms. The summed E-state index contributed by atoms with van der Waals surface area (Å²) in [7, 11) is 0. The molecule has 0 aliphatic carbocycles. The normalized spacial score (nSPS) is 15.4. The third-order valence-corrected chi connectivity index (χ3v) is 6.88. The molecule has 3 rings (SSSR count). The highest BCUT2D eigenvalue weighted by atomic mass is 32.2. The number of aromatic nitrogens is 1. The number of fused-ring (bicyclic) bond motifs is 1. The van der Waals surface area contributed by atoms with Gasteiger partial charge in [-0.1, -0.05) is 23.9 Å². The minimum absolute atomic E-state index is 0.307. The van der Waals surface area contributed by atoms with Gasteiger partial charge in [0.2, 0.25) is 0 Å². The number of nitrogens with zero attached hydrogens (tertiary/aromatic N) is 2. The zero-order valence-electron chi connectivity index (χ0n) is 18.2. The maximum absolute atomic E-state index is 12.8. The molecule has 1 aliphatic rings. The average molecular weight is 447 g/mol. The van der Waals surface area contributed by atoms with Crippen molar-refractivity contribution in [3.63, 3.8) is 0 Å². The molecule has 1 aromatic carbocycles.